The summed E-state index contributed by atoms with van der Waals surface area (Å²) in [5, 5.41) is 14.7. The van der Waals surface area contributed by atoms with Crippen LogP contribution in [0.3, 0.4) is 0 Å². The van der Waals surface area contributed by atoms with E-state index < -0.39 is 10.8 Å². The number of thiophene rings is 1. The van der Waals surface area contributed by atoms with Crippen molar-refractivity contribution in [2.75, 3.05) is 0 Å². The Labute approximate surface area is 125 Å². The van der Waals surface area contributed by atoms with Gasteiger partial charge in [0.2, 0.25) is 0 Å². The standard InChI is InChI=1S/C14H13N3O3S/c1-9-3-5-11(7-13(9)17(19)20)14(18)16-15-8-12-6-4-10(2)21-12/h3-8H,1-2H3,(H,16,18)/b15-8+. The van der Waals surface area contributed by atoms with E-state index in [1.54, 1.807) is 24.3 Å². The van der Waals surface area contributed by atoms with E-state index >= 15 is 0 Å². The zero-order chi connectivity index (χ0) is 15.4. The molecule has 108 valence electrons. The average Bonchev–Trinajstić information content (AvgIpc) is 2.84. The van der Waals surface area contributed by atoms with Crippen LogP contribution in [-0.2, 0) is 0 Å². The molecule has 0 saturated heterocycles. The number of hydrogen-bond acceptors (Lipinski definition) is 5. The molecule has 1 N–H and O–H groups in total. The number of amides is 1. The Balaban J connectivity index is 2.08. The third-order valence-corrected chi connectivity index (χ3v) is 3.72. The van der Waals surface area contributed by atoms with E-state index in [0.717, 1.165) is 9.75 Å². The fourth-order valence-corrected chi connectivity index (χ4v) is 2.44. The molecular formula is C14H13N3O3S. The first-order valence-electron chi connectivity index (χ1n) is 6.12. The van der Waals surface area contributed by atoms with Crippen LogP contribution in [0.1, 0.15) is 25.7 Å². The smallest absolute Gasteiger partial charge is 0.267 e. The number of nitro groups is 1. The van der Waals surface area contributed by atoms with E-state index in [9.17, 15) is 14.9 Å². The highest BCUT2D eigenvalue weighted by atomic mass is 32.1. The minimum atomic E-state index is -0.510. The lowest BCUT2D eigenvalue weighted by Crippen LogP contribution is -2.17. The second-order valence-electron chi connectivity index (χ2n) is 4.41. The van der Waals surface area contributed by atoms with Crippen molar-refractivity contribution in [2.45, 2.75) is 13.8 Å². The molecule has 2 rings (SSSR count). The quantitative estimate of drug-likeness (QED) is 0.535. The van der Waals surface area contributed by atoms with Crippen molar-refractivity contribution in [2.24, 2.45) is 5.10 Å². The Morgan fingerprint density at radius 2 is 2.10 bits per heavy atom. The molecule has 0 bridgehead atoms. The summed E-state index contributed by atoms with van der Waals surface area (Å²) < 4.78 is 0. The van der Waals surface area contributed by atoms with Crippen LogP contribution in [0.15, 0.2) is 35.4 Å². The number of benzene rings is 1. The summed E-state index contributed by atoms with van der Waals surface area (Å²) in [6, 6.07) is 8.17. The van der Waals surface area contributed by atoms with Crippen LogP contribution in [0.5, 0.6) is 0 Å². The van der Waals surface area contributed by atoms with Gasteiger partial charge >= 0.3 is 0 Å². The molecule has 1 aromatic heterocycles. The van der Waals surface area contributed by atoms with Crippen LogP contribution < -0.4 is 5.43 Å². The first-order chi connectivity index (χ1) is 9.97. The van der Waals surface area contributed by atoms with Crippen molar-refractivity contribution >= 4 is 29.1 Å². The van der Waals surface area contributed by atoms with Crippen molar-refractivity contribution < 1.29 is 9.72 Å². The second kappa shape index (κ2) is 6.27. The number of nitro benzene ring substituents is 1. The Morgan fingerprint density at radius 3 is 2.71 bits per heavy atom. The molecule has 1 heterocycles. The zero-order valence-corrected chi connectivity index (χ0v) is 12.3. The van der Waals surface area contributed by atoms with Gasteiger partial charge in [0, 0.05) is 26.9 Å². The van der Waals surface area contributed by atoms with Crippen molar-refractivity contribution in [1.29, 1.82) is 0 Å². The number of aryl methyl sites for hydroxylation is 2. The van der Waals surface area contributed by atoms with Gasteiger partial charge in [0.1, 0.15) is 0 Å². The van der Waals surface area contributed by atoms with Crippen molar-refractivity contribution in [3.8, 4) is 0 Å². The highest BCUT2D eigenvalue weighted by Crippen LogP contribution is 2.19. The van der Waals surface area contributed by atoms with Gasteiger partial charge in [0.25, 0.3) is 11.6 Å². The summed E-state index contributed by atoms with van der Waals surface area (Å²) in [6.45, 7) is 3.60. The number of rotatable bonds is 4. The number of carbonyl (C=O) groups excluding carboxylic acids is 1. The molecular weight excluding hydrogens is 290 g/mol. The molecule has 2 aromatic rings. The van der Waals surface area contributed by atoms with Crippen molar-refractivity contribution in [1.82, 2.24) is 5.43 Å². The predicted molar refractivity (Wildman–Crippen MR) is 81.9 cm³/mol. The van der Waals surface area contributed by atoms with Crippen LogP contribution in [-0.4, -0.2) is 17.0 Å². The Morgan fingerprint density at radius 1 is 1.33 bits per heavy atom. The number of carbonyl (C=O) groups is 1. The van der Waals surface area contributed by atoms with E-state index in [1.807, 2.05) is 19.1 Å². The number of hydrogen-bond donors (Lipinski definition) is 1. The van der Waals surface area contributed by atoms with Gasteiger partial charge in [-0.05, 0) is 32.0 Å². The molecule has 0 aliphatic heterocycles. The van der Waals surface area contributed by atoms with Crippen molar-refractivity contribution in [3.63, 3.8) is 0 Å². The van der Waals surface area contributed by atoms with Crippen LogP contribution >= 0.6 is 11.3 Å². The normalized spacial score (nSPS) is 10.8. The topological polar surface area (TPSA) is 84.6 Å². The Kier molecular flexibility index (Phi) is 4.44. The third kappa shape index (κ3) is 3.73. The lowest BCUT2D eigenvalue weighted by atomic mass is 10.1. The van der Waals surface area contributed by atoms with E-state index in [4.69, 9.17) is 0 Å². The third-order valence-electron chi connectivity index (χ3n) is 2.79. The maximum atomic E-state index is 11.9. The molecule has 0 spiro atoms. The zero-order valence-electron chi connectivity index (χ0n) is 11.5. The van der Waals surface area contributed by atoms with Crippen LogP contribution in [0.4, 0.5) is 5.69 Å². The van der Waals surface area contributed by atoms with Gasteiger partial charge in [0.05, 0.1) is 11.1 Å². The molecule has 1 amide bonds. The molecule has 0 atom stereocenters. The molecule has 7 heteroatoms. The summed E-state index contributed by atoms with van der Waals surface area (Å²) >= 11 is 1.55. The van der Waals surface area contributed by atoms with Gasteiger partial charge in [0.15, 0.2) is 0 Å². The molecule has 0 unspecified atom stereocenters. The average molecular weight is 303 g/mol. The SMILES string of the molecule is Cc1ccc(/C=N/NC(=O)c2ccc(C)c([N+](=O)[O-])c2)s1. The van der Waals surface area contributed by atoms with E-state index in [-0.39, 0.29) is 11.3 Å². The lowest BCUT2D eigenvalue weighted by molar-refractivity contribution is -0.385. The molecule has 0 aliphatic carbocycles. The first-order valence-corrected chi connectivity index (χ1v) is 6.94. The van der Waals surface area contributed by atoms with Crippen molar-refractivity contribution in [3.05, 3.63) is 61.3 Å². The second-order valence-corrected chi connectivity index (χ2v) is 5.73. The maximum Gasteiger partial charge on any atom is 0.273 e. The minimum Gasteiger partial charge on any atom is -0.267 e. The summed E-state index contributed by atoms with van der Waals surface area (Å²) in [4.78, 5) is 24.3. The highest BCUT2D eigenvalue weighted by Gasteiger charge is 2.14. The predicted octanol–water partition coefficient (Wildman–Crippen LogP) is 3.04. The highest BCUT2D eigenvalue weighted by molar-refractivity contribution is 7.13. The Hall–Kier alpha value is -2.54. The summed E-state index contributed by atoms with van der Waals surface area (Å²) in [5.41, 5.74) is 2.98. The first kappa shape index (κ1) is 14.9. The van der Waals surface area contributed by atoms with Gasteiger partial charge in [-0.3, -0.25) is 14.9 Å². The Bertz CT molecular complexity index is 722. The summed E-state index contributed by atoms with van der Waals surface area (Å²) in [7, 11) is 0. The molecule has 0 aliphatic rings. The number of hydrazone groups is 1. The number of nitrogens with zero attached hydrogens (tertiary/aromatic N) is 2. The van der Waals surface area contributed by atoms with E-state index in [2.05, 4.69) is 10.5 Å². The molecule has 0 saturated carbocycles. The minimum absolute atomic E-state index is 0.0829. The van der Waals surface area contributed by atoms with E-state index in [1.165, 1.54) is 18.3 Å². The largest absolute Gasteiger partial charge is 0.273 e. The van der Waals surface area contributed by atoms with Gasteiger partial charge in [-0.25, -0.2) is 5.43 Å². The van der Waals surface area contributed by atoms with Crippen LogP contribution in [0.25, 0.3) is 0 Å². The molecule has 1 aromatic carbocycles. The summed E-state index contributed by atoms with van der Waals surface area (Å²) in [6.07, 6.45) is 1.54. The van der Waals surface area contributed by atoms with Crippen LogP contribution in [0.2, 0.25) is 0 Å². The van der Waals surface area contributed by atoms with Gasteiger partial charge in [-0.15, -0.1) is 11.3 Å². The van der Waals surface area contributed by atoms with Gasteiger partial charge < -0.3 is 0 Å². The monoisotopic (exact) mass is 303 g/mol. The van der Waals surface area contributed by atoms with Gasteiger partial charge in [-0.2, -0.15) is 5.10 Å². The van der Waals surface area contributed by atoms with Gasteiger partial charge in [-0.1, -0.05) is 6.07 Å². The van der Waals surface area contributed by atoms with Crippen LogP contribution in [0, 0.1) is 24.0 Å². The molecule has 0 radical (unpaired) electrons. The maximum absolute atomic E-state index is 11.9. The summed E-state index contributed by atoms with van der Waals surface area (Å²) in [5.74, 6) is -0.484. The lowest BCUT2D eigenvalue weighted by Gasteiger charge is -2.01. The molecule has 0 fully saturated rings. The fourth-order valence-electron chi connectivity index (χ4n) is 1.69. The number of nitrogens with one attached hydrogen (secondary N) is 1. The van der Waals surface area contributed by atoms with E-state index in [0.29, 0.717) is 5.56 Å². The molecule has 21 heavy (non-hydrogen) atoms. The fraction of sp³-hybridized carbons (Fsp3) is 0.143. The molecule has 6 nitrogen and oxygen atoms in total.